The third-order valence-electron chi connectivity index (χ3n) is 3.15. The van der Waals surface area contributed by atoms with Crippen molar-refractivity contribution in [3.05, 3.63) is 24.0 Å². The van der Waals surface area contributed by atoms with Gasteiger partial charge in [-0.25, -0.2) is 0 Å². The van der Waals surface area contributed by atoms with Crippen molar-refractivity contribution >= 4 is 0 Å². The second-order valence-electron chi connectivity index (χ2n) is 4.53. The van der Waals surface area contributed by atoms with Crippen molar-refractivity contribution in [2.24, 2.45) is 0 Å². The number of hydrogen-bond acceptors (Lipinski definition) is 6. The Kier molecular flexibility index (Phi) is 3.08. The molecule has 6 nitrogen and oxygen atoms in total. The van der Waals surface area contributed by atoms with Gasteiger partial charge in [-0.3, -0.25) is 0 Å². The summed E-state index contributed by atoms with van der Waals surface area (Å²) in [7, 11) is 0. The van der Waals surface area contributed by atoms with Crippen LogP contribution in [-0.4, -0.2) is 33.1 Å². The molecule has 3 rings (SSSR count). The first-order valence-electron chi connectivity index (χ1n) is 6.19. The molecular formula is C13H14N2O4. The molecule has 2 heterocycles. The smallest absolute Gasteiger partial charge is 0.261 e. The summed E-state index contributed by atoms with van der Waals surface area (Å²) in [5.74, 6) is 0.275. The molecule has 1 fully saturated rings. The lowest BCUT2D eigenvalue weighted by molar-refractivity contribution is 0.109. The highest BCUT2D eigenvalue weighted by atomic mass is 16.5. The van der Waals surface area contributed by atoms with Gasteiger partial charge < -0.3 is 19.5 Å². The molecule has 0 bridgehead atoms. The minimum absolute atomic E-state index is 0.142. The molecule has 100 valence electrons. The zero-order valence-electron chi connectivity index (χ0n) is 10.2. The molecule has 0 amide bonds. The van der Waals surface area contributed by atoms with Crippen LogP contribution < -0.4 is 0 Å². The Balaban J connectivity index is 1.82. The van der Waals surface area contributed by atoms with Gasteiger partial charge >= 0.3 is 0 Å². The molecule has 1 aromatic heterocycles. The van der Waals surface area contributed by atoms with Crippen LogP contribution in [0.15, 0.2) is 22.7 Å². The van der Waals surface area contributed by atoms with Gasteiger partial charge in [0.05, 0.1) is 11.7 Å². The van der Waals surface area contributed by atoms with Gasteiger partial charge in [0.2, 0.25) is 0 Å². The molecule has 1 saturated heterocycles. The quantitative estimate of drug-likeness (QED) is 0.821. The van der Waals surface area contributed by atoms with E-state index in [1.807, 2.05) is 0 Å². The van der Waals surface area contributed by atoms with Crippen molar-refractivity contribution in [3.8, 4) is 23.0 Å². The lowest BCUT2D eigenvalue weighted by Crippen LogP contribution is -2.09. The van der Waals surface area contributed by atoms with E-state index in [9.17, 15) is 10.2 Å². The Morgan fingerprint density at radius 1 is 1.32 bits per heavy atom. The number of benzene rings is 1. The normalized spacial score (nSPS) is 18.8. The first-order valence-corrected chi connectivity index (χ1v) is 6.19. The maximum Gasteiger partial charge on any atom is 0.261 e. The SMILES string of the molecule is Oc1cccc(-c2nc(CC3CCCO3)no2)c1O. The van der Waals surface area contributed by atoms with Gasteiger partial charge in [-0.05, 0) is 25.0 Å². The van der Waals surface area contributed by atoms with Crippen LogP contribution in [0.25, 0.3) is 11.5 Å². The van der Waals surface area contributed by atoms with Gasteiger partial charge in [0.25, 0.3) is 5.89 Å². The van der Waals surface area contributed by atoms with E-state index in [0.717, 1.165) is 19.4 Å². The van der Waals surface area contributed by atoms with E-state index in [1.165, 1.54) is 6.07 Å². The van der Waals surface area contributed by atoms with E-state index >= 15 is 0 Å². The van der Waals surface area contributed by atoms with Gasteiger partial charge in [-0.15, -0.1) is 0 Å². The fourth-order valence-electron chi connectivity index (χ4n) is 2.16. The Hall–Kier alpha value is -2.08. The molecular weight excluding hydrogens is 248 g/mol. The van der Waals surface area contributed by atoms with E-state index < -0.39 is 0 Å². The summed E-state index contributed by atoms with van der Waals surface area (Å²) < 4.78 is 10.6. The summed E-state index contributed by atoms with van der Waals surface area (Å²) in [4.78, 5) is 4.22. The highest BCUT2D eigenvalue weighted by Crippen LogP contribution is 2.35. The molecule has 1 aromatic carbocycles. The third-order valence-corrected chi connectivity index (χ3v) is 3.15. The summed E-state index contributed by atoms with van der Waals surface area (Å²) in [5, 5.41) is 23.0. The van der Waals surface area contributed by atoms with Gasteiger partial charge in [0.1, 0.15) is 0 Å². The van der Waals surface area contributed by atoms with E-state index in [2.05, 4.69) is 10.1 Å². The van der Waals surface area contributed by atoms with Crippen molar-refractivity contribution in [2.45, 2.75) is 25.4 Å². The zero-order valence-corrected chi connectivity index (χ0v) is 10.2. The topological polar surface area (TPSA) is 88.6 Å². The fraction of sp³-hybridized carbons (Fsp3) is 0.385. The number of para-hydroxylation sites is 1. The van der Waals surface area contributed by atoms with Crippen LogP contribution in [0.3, 0.4) is 0 Å². The van der Waals surface area contributed by atoms with E-state index in [0.29, 0.717) is 17.8 Å². The standard InChI is InChI=1S/C13H14N2O4/c16-10-5-1-4-9(12(10)17)13-14-11(15-19-13)7-8-3-2-6-18-8/h1,4-5,8,16-17H,2-3,6-7H2. The molecule has 2 N–H and O–H groups in total. The van der Waals surface area contributed by atoms with Gasteiger partial charge in [-0.1, -0.05) is 11.2 Å². The summed E-state index contributed by atoms with van der Waals surface area (Å²) in [5.41, 5.74) is 0.325. The third kappa shape index (κ3) is 2.39. The molecule has 0 spiro atoms. The number of nitrogens with zero attached hydrogens (tertiary/aromatic N) is 2. The summed E-state index contributed by atoms with van der Waals surface area (Å²) in [6.07, 6.45) is 2.80. The number of rotatable bonds is 3. The van der Waals surface area contributed by atoms with Crippen LogP contribution in [0.5, 0.6) is 11.5 Å². The average Bonchev–Trinajstić information content (AvgIpc) is 3.05. The monoisotopic (exact) mass is 262 g/mol. The highest BCUT2D eigenvalue weighted by Gasteiger charge is 2.20. The van der Waals surface area contributed by atoms with Crippen LogP contribution in [0.2, 0.25) is 0 Å². The molecule has 2 aromatic rings. The molecule has 1 aliphatic rings. The first-order chi connectivity index (χ1) is 9.24. The summed E-state index contributed by atoms with van der Waals surface area (Å²) >= 11 is 0. The zero-order chi connectivity index (χ0) is 13.2. The second-order valence-corrected chi connectivity index (χ2v) is 4.53. The highest BCUT2D eigenvalue weighted by molar-refractivity contribution is 5.66. The Bertz CT molecular complexity index is 576. The number of phenols is 2. The number of aromatic nitrogens is 2. The predicted molar refractivity (Wildman–Crippen MR) is 65.7 cm³/mol. The van der Waals surface area contributed by atoms with Crippen molar-refractivity contribution in [1.29, 1.82) is 0 Å². The Morgan fingerprint density at radius 3 is 3.00 bits per heavy atom. The van der Waals surface area contributed by atoms with Crippen LogP contribution >= 0.6 is 0 Å². The van der Waals surface area contributed by atoms with Crippen molar-refractivity contribution < 1.29 is 19.5 Å². The van der Waals surface area contributed by atoms with Gasteiger partial charge in [0.15, 0.2) is 17.3 Å². The molecule has 1 atom stereocenters. The van der Waals surface area contributed by atoms with Gasteiger partial charge in [-0.2, -0.15) is 4.98 Å². The minimum atomic E-state index is -0.255. The van der Waals surface area contributed by atoms with E-state index in [-0.39, 0.29) is 23.5 Å². The molecule has 0 radical (unpaired) electrons. The fourth-order valence-corrected chi connectivity index (χ4v) is 2.16. The summed E-state index contributed by atoms with van der Waals surface area (Å²) in [6, 6.07) is 4.61. The van der Waals surface area contributed by atoms with Crippen molar-refractivity contribution in [1.82, 2.24) is 10.1 Å². The van der Waals surface area contributed by atoms with Crippen molar-refractivity contribution in [2.75, 3.05) is 6.61 Å². The number of phenolic OH excluding ortho intramolecular Hbond substituents is 2. The van der Waals surface area contributed by atoms with Crippen molar-refractivity contribution in [3.63, 3.8) is 0 Å². The largest absolute Gasteiger partial charge is 0.504 e. The minimum Gasteiger partial charge on any atom is -0.504 e. The molecule has 19 heavy (non-hydrogen) atoms. The summed E-state index contributed by atoms with van der Waals surface area (Å²) in [6.45, 7) is 0.780. The number of ether oxygens (including phenoxy) is 1. The van der Waals surface area contributed by atoms with Crippen LogP contribution in [0.4, 0.5) is 0 Å². The predicted octanol–water partition coefficient (Wildman–Crippen LogP) is 1.87. The molecule has 0 aliphatic carbocycles. The maximum atomic E-state index is 9.74. The van der Waals surface area contributed by atoms with Crippen LogP contribution in [0.1, 0.15) is 18.7 Å². The lowest BCUT2D eigenvalue weighted by Gasteiger charge is -2.04. The van der Waals surface area contributed by atoms with E-state index in [4.69, 9.17) is 9.26 Å². The Morgan fingerprint density at radius 2 is 2.21 bits per heavy atom. The van der Waals surface area contributed by atoms with Gasteiger partial charge in [0, 0.05) is 13.0 Å². The molecule has 1 unspecified atom stereocenters. The average molecular weight is 262 g/mol. The molecule has 0 saturated carbocycles. The second kappa shape index (κ2) is 4.89. The van der Waals surface area contributed by atoms with Crippen LogP contribution in [0, 0.1) is 0 Å². The van der Waals surface area contributed by atoms with Crippen LogP contribution in [-0.2, 0) is 11.2 Å². The number of aromatic hydroxyl groups is 2. The Labute approximate surface area is 109 Å². The molecule has 1 aliphatic heterocycles. The van der Waals surface area contributed by atoms with E-state index in [1.54, 1.807) is 12.1 Å². The number of hydrogen-bond donors (Lipinski definition) is 2. The molecule has 6 heteroatoms. The lowest BCUT2D eigenvalue weighted by atomic mass is 10.1. The maximum absolute atomic E-state index is 9.74. The first kappa shape index (κ1) is 12.0.